The van der Waals surface area contributed by atoms with Crippen LogP contribution in [0.4, 0.5) is 4.39 Å². The molecule has 3 heteroatoms. The van der Waals surface area contributed by atoms with Gasteiger partial charge in [0.2, 0.25) is 0 Å². The van der Waals surface area contributed by atoms with E-state index in [1.807, 2.05) is 12.3 Å². The molecule has 1 N–H and O–H groups in total. The Labute approximate surface area is 113 Å². The molecule has 100 valence electrons. The smallest absolute Gasteiger partial charge is 0.147 e. The number of nitrogens with zero attached hydrogens (tertiary/aromatic N) is 1. The van der Waals surface area contributed by atoms with Crippen LogP contribution in [0.25, 0.3) is 10.9 Å². The molecule has 0 spiro atoms. The first-order valence-electron chi connectivity index (χ1n) is 6.66. The van der Waals surface area contributed by atoms with Crippen molar-refractivity contribution in [1.82, 2.24) is 9.88 Å². The van der Waals surface area contributed by atoms with E-state index in [9.17, 15) is 4.39 Å². The van der Waals surface area contributed by atoms with Crippen LogP contribution >= 0.6 is 0 Å². The van der Waals surface area contributed by atoms with Crippen LogP contribution in [0.3, 0.4) is 0 Å². The molecular formula is C16H19FN2. The number of terminal acetylenes is 1. The highest BCUT2D eigenvalue weighted by atomic mass is 19.1. The molecule has 0 saturated carbocycles. The maximum Gasteiger partial charge on any atom is 0.147 e. The normalized spacial score (nSPS) is 11.1. The van der Waals surface area contributed by atoms with Gasteiger partial charge in [0.25, 0.3) is 0 Å². The molecule has 0 atom stereocenters. The highest BCUT2D eigenvalue weighted by Crippen LogP contribution is 2.21. The number of benzene rings is 1. The van der Waals surface area contributed by atoms with Crippen LogP contribution in [0.2, 0.25) is 0 Å². The fraction of sp³-hybridized carbons (Fsp3) is 0.375. The van der Waals surface area contributed by atoms with Gasteiger partial charge in [0.1, 0.15) is 5.82 Å². The molecule has 0 amide bonds. The average Bonchev–Trinajstić information content (AvgIpc) is 2.81. The standard InChI is InChI=1S/C16H19FN2/c1-3-9-19(10-4-2)11-8-13-12-18-16-14(13)6-5-7-15(16)17/h1,5-7,12,18H,4,8-11H2,2H3. The van der Waals surface area contributed by atoms with Crippen molar-refractivity contribution in [3.05, 3.63) is 35.8 Å². The number of aromatic amines is 1. The average molecular weight is 258 g/mol. The van der Waals surface area contributed by atoms with E-state index in [4.69, 9.17) is 6.42 Å². The third-order valence-electron chi connectivity index (χ3n) is 3.30. The molecule has 0 aliphatic heterocycles. The zero-order chi connectivity index (χ0) is 13.7. The molecule has 1 heterocycles. The van der Waals surface area contributed by atoms with Crippen molar-refractivity contribution < 1.29 is 4.39 Å². The molecule has 0 saturated heterocycles. The van der Waals surface area contributed by atoms with Gasteiger partial charge in [-0.05, 0) is 31.0 Å². The minimum absolute atomic E-state index is 0.196. The molecule has 2 aromatic rings. The Morgan fingerprint density at radius 2 is 2.21 bits per heavy atom. The van der Waals surface area contributed by atoms with Crippen LogP contribution < -0.4 is 0 Å². The van der Waals surface area contributed by atoms with Crippen molar-refractivity contribution in [3.8, 4) is 12.3 Å². The number of rotatable bonds is 6. The van der Waals surface area contributed by atoms with Crippen LogP contribution in [0.5, 0.6) is 0 Å². The fourth-order valence-electron chi connectivity index (χ4n) is 2.38. The Bertz CT molecular complexity index is 580. The number of hydrogen-bond acceptors (Lipinski definition) is 1. The van der Waals surface area contributed by atoms with E-state index >= 15 is 0 Å². The summed E-state index contributed by atoms with van der Waals surface area (Å²) in [7, 11) is 0. The lowest BCUT2D eigenvalue weighted by atomic mass is 10.1. The summed E-state index contributed by atoms with van der Waals surface area (Å²) >= 11 is 0. The molecule has 0 bridgehead atoms. The minimum Gasteiger partial charge on any atom is -0.359 e. The largest absolute Gasteiger partial charge is 0.359 e. The Balaban J connectivity index is 2.09. The highest BCUT2D eigenvalue weighted by molar-refractivity contribution is 5.83. The molecule has 2 nitrogen and oxygen atoms in total. The molecule has 0 aliphatic carbocycles. The molecule has 0 unspecified atom stereocenters. The number of nitrogens with one attached hydrogen (secondary N) is 1. The van der Waals surface area contributed by atoms with Gasteiger partial charge in [-0.15, -0.1) is 6.42 Å². The third kappa shape index (κ3) is 3.15. The Morgan fingerprint density at radius 1 is 1.37 bits per heavy atom. The molecule has 2 rings (SSSR count). The summed E-state index contributed by atoms with van der Waals surface area (Å²) in [5.74, 6) is 2.49. The quantitative estimate of drug-likeness (QED) is 0.788. The van der Waals surface area contributed by atoms with Gasteiger partial charge >= 0.3 is 0 Å². The predicted molar refractivity (Wildman–Crippen MR) is 77.5 cm³/mol. The van der Waals surface area contributed by atoms with Crippen molar-refractivity contribution in [2.75, 3.05) is 19.6 Å². The summed E-state index contributed by atoms with van der Waals surface area (Å²) in [5, 5.41) is 0.970. The minimum atomic E-state index is -0.196. The van der Waals surface area contributed by atoms with Gasteiger partial charge in [-0.3, -0.25) is 4.90 Å². The molecule has 1 aromatic carbocycles. The van der Waals surface area contributed by atoms with Gasteiger partial charge < -0.3 is 4.98 Å². The number of para-hydroxylation sites is 1. The van der Waals surface area contributed by atoms with E-state index < -0.39 is 0 Å². The molecule has 1 aromatic heterocycles. The first-order valence-corrected chi connectivity index (χ1v) is 6.66. The van der Waals surface area contributed by atoms with Gasteiger partial charge in [-0.1, -0.05) is 25.0 Å². The van der Waals surface area contributed by atoms with Crippen molar-refractivity contribution in [1.29, 1.82) is 0 Å². The molecule has 0 radical (unpaired) electrons. The Kier molecular flexibility index (Phi) is 4.59. The third-order valence-corrected chi connectivity index (χ3v) is 3.30. The first kappa shape index (κ1) is 13.6. The van der Waals surface area contributed by atoms with E-state index in [2.05, 4.69) is 22.7 Å². The topological polar surface area (TPSA) is 19.0 Å². The predicted octanol–water partition coefficient (Wildman–Crippen LogP) is 3.19. The summed E-state index contributed by atoms with van der Waals surface area (Å²) in [6.45, 7) is 4.72. The second-order valence-corrected chi connectivity index (χ2v) is 4.71. The summed E-state index contributed by atoms with van der Waals surface area (Å²) in [6, 6.07) is 5.18. The number of halogens is 1. The lowest BCUT2D eigenvalue weighted by Crippen LogP contribution is -2.27. The van der Waals surface area contributed by atoms with Crippen molar-refractivity contribution >= 4 is 10.9 Å². The lowest BCUT2D eigenvalue weighted by Gasteiger charge is -2.18. The Morgan fingerprint density at radius 3 is 2.95 bits per heavy atom. The fourth-order valence-corrected chi connectivity index (χ4v) is 2.38. The number of aromatic nitrogens is 1. The summed E-state index contributed by atoms with van der Waals surface area (Å²) in [4.78, 5) is 5.26. The van der Waals surface area contributed by atoms with E-state index in [0.29, 0.717) is 12.1 Å². The molecule has 0 fully saturated rings. The van der Waals surface area contributed by atoms with Crippen LogP contribution in [0, 0.1) is 18.2 Å². The monoisotopic (exact) mass is 258 g/mol. The van der Waals surface area contributed by atoms with Crippen molar-refractivity contribution in [2.24, 2.45) is 0 Å². The van der Waals surface area contributed by atoms with Crippen LogP contribution in [-0.4, -0.2) is 29.5 Å². The van der Waals surface area contributed by atoms with E-state index in [1.54, 1.807) is 6.07 Å². The first-order chi connectivity index (χ1) is 9.26. The zero-order valence-electron chi connectivity index (χ0n) is 11.2. The van der Waals surface area contributed by atoms with E-state index in [1.165, 1.54) is 6.07 Å². The second-order valence-electron chi connectivity index (χ2n) is 4.71. The molecular weight excluding hydrogens is 239 g/mol. The van der Waals surface area contributed by atoms with Crippen LogP contribution in [-0.2, 0) is 6.42 Å². The summed E-state index contributed by atoms with van der Waals surface area (Å²) in [6.07, 6.45) is 9.24. The van der Waals surface area contributed by atoms with E-state index in [-0.39, 0.29) is 5.82 Å². The maximum absolute atomic E-state index is 13.6. The lowest BCUT2D eigenvalue weighted by molar-refractivity contribution is 0.312. The maximum atomic E-state index is 13.6. The van der Waals surface area contributed by atoms with E-state index in [0.717, 1.165) is 36.9 Å². The zero-order valence-corrected chi connectivity index (χ0v) is 11.2. The number of hydrogen-bond donors (Lipinski definition) is 1. The van der Waals surface area contributed by atoms with Crippen molar-refractivity contribution in [2.45, 2.75) is 19.8 Å². The van der Waals surface area contributed by atoms with Gasteiger partial charge in [0.15, 0.2) is 0 Å². The SMILES string of the molecule is C#CCN(CCC)CCc1c[nH]c2c(F)cccc12. The number of fused-ring (bicyclic) bond motifs is 1. The summed E-state index contributed by atoms with van der Waals surface area (Å²) in [5.41, 5.74) is 1.74. The molecule has 0 aliphatic rings. The van der Waals surface area contributed by atoms with Crippen LogP contribution in [0.15, 0.2) is 24.4 Å². The van der Waals surface area contributed by atoms with Gasteiger partial charge in [-0.2, -0.15) is 0 Å². The number of H-pyrrole nitrogens is 1. The van der Waals surface area contributed by atoms with Gasteiger partial charge in [-0.25, -0.2) is 4.39 Å². The Hall–Kier alpha value is -1.79. The van der Waals surface area contributed by atoms with Gasteiger partial charge in [0, 0.05) is 18.1 Å². The van der Waals surface area contributed by atoms with Crippen molar-refractivity contribution in [3.63, 3.8) is 0 Å². The summed E-state index contributed by atoms with van der Waals surface area (Å²) < 4.78 is 13.6. The highest BCUT2D eigenvalue weighted by Gasteiger charge is 2.09. The van der Waals surface area contributed by atoms with Crippen LogP contribution in [0.1, 0.15) is 18.9 Å². The van der Waals surface area contributed by atoms with Gasteiger partial charge in [0.05, 0.1) is 12.1 Å². The second kappa shape index (κ2) is 6.40. The molecule has 19 heavy (non-hydrogen) atoms.